The van der Waals surface area contributed by atoms with E-state index in [4.69, 9.17) is 0 Å². The standard InChI is InChI=1S/C12H19NO/c1-2-3-9-13-12(10-14)11-7-5-4-6-8-11/h4-8,12-14H,2-3,9-10H2,1H3/t12-/m1/s1. The molecule has 1 atom stereocenters. The van der Waals surface area contributed by atoms with Crippen molar-refractivity contribution in [2.24, 2.45) is 0 Å². The van der Waals surface area contributed by atoms with E-state index in [0.29, 0.717) is 0 Å². The fourth-order valence-electron chi connectivity index (χ4n) is 1.43. The minimum atomic E-state index is 0.0859. The van der Waals surface area contributed by atoms with E-state index in [1.54, 1.807) is 0 Å². The Kier molecular flexibility index (Phi) is 5.27. The Balaban J connectivity index is 2.46. The smallest absolute Gasteiger partial charge is 0.0626 e. The van der Waals surface area contributed by atoms with E-state index in [1.165, 1.54) is 6.42 Å². The average molecular weight is 193 g/mol. The summed E-state index contributed by atoms with van der Waals surface area (Å²) in [6.45, 7) is 3.29. The lowest BCUT2D eigenvalue weighted by Crippen LogP contribution is -2.25. The van der Waals surface area contributed by atoms with Crippen LogP contribution in [0.2, 0.25) is 0 Å². The van der Waals surface area contributed by atoms with Gasteiger partial charge in [-0.2, -0.15) is 0 Å². The van der Waals surface area contributed by atoms with Crippen LogP contribution in [0.15, 0.2) is 30.3 Å². The second kappa shape index (κ2) is 6.57. The van der Waals surface area contributed by atoms with Gasteiger partial charge in [0.2, 0.25) is 0 Å². The first kappa shape index (κ1) is 11.2. The highest BCUT2D eigenvalue weighted by Gasteiger charge is 2.07. The Bertz CT molecular complexity index is 235. The van der Waals surface area contributed by atoms with E-state index in [1.807, 2.05) is 30.3 Å². The highest BCUT2D eigenvalue weighted by atomic mass is 16.3. The van der Waals surface area contributed by atoms with Gasteiger partial charge < -0.3 is 10.4 Å². The molecule has 14 heavy (non-hydrogen) atoms. The number of hydrogen-bond donors (Lipinski definition) is 2. The maximum atomic E-state index is 9.22. The summed E-state index contributed by atoms with van der Waals surface area (Å²) in [7, 11) is 0. The Labute approximate surface area is 86.0 Å². The molecule has 0 radical (unpaired) electrons. The zero-order valence-electron chi connectivity index (χ0n) is 8.74. The van der Waals surface area contributed by atoms with Crippen molar-refractivity contribution in [1.82, 2.24) is 5.32 Å². The molecule has 0 fully saturated rings. The summed E-state index contributed by atoms with van der Waals surface area (Å²) < 4.78 is 0. The molecule has 0 saturated carbocycles. The molecule has 0 aromatic heterocycles. The minimum absolute atomic E-state index is 0.0859. The zero-order valence-corrected chi connectivity index (χ0v) is 8.74. The molecule has 1 aromatic rings. The van der Waals surface area contributed by atoms with Gasteiger partial charge in [-0.1, -0.05) is 43.7 Å². The summed E-state index contributed by atoms with van der Waals surface area (Å²) in [5.74, 6) is 0. The zero-order chi connectivity index (χ0) is 10.2. The normalized spacial score (nSPS) is 12.7. The number of nitrogens with one attached hydrogen (secondary N) is 1. The molecule has 0 bridgehead atoms. The molecule has 1 aromatic carbocycles. The lowest BCUT2D eigenvalue weighted by molar-refractivity contribution is 0.244. The van der Waals surface area contributed by atoms with Crippen LogP contribution in [0, 0.1) is 0 Å². The summed E-state index contributed by atoms with van der Waals surface area (Å²) in [5.41, 5.74) is 1.16. The van der Waals surface area contributed by atoms with Gasteiger partial charge in [0.05, 0.1) is 12.6 Å². The van der Waals surface area contributed by atoms with Crippen molar-refractivity contribution >= 4 is 0 Å². The molecule has 0 heterocycles. The van der Waals surface area contributed by atoms with Crippen LogP contribution in [0.1, 0.15) is 31.4 Å². The molecule has 0 aliphatic rings. The number of rotatable bonds is 6. The molecule has 2 nitrogen and oxygen atoms in total. The van der Waals surface area contributed by atoms with Gasteiger partial charge in [-0.25, -0.2) is 0 Å². The maximum absolute atomic E-state index is 9.22. The van der Waals surface area contributed by atoms with Gasteiger partial charge in [0.1, 0.15) is 0 Å². The molecule has 78 valence electrons. The fraction of sp³-hybridized carbons (Fsp3) is 0.500. The highest BCUT2D eigenvalue weighted by molar-refractivity contribution is 5.18. The van der Waals surface area contributed by atoms with Crippen molar-refractivity contribution in [2.75, 3.05) is 13.2 Å². The monoisotopic (exact) mass is 193 g/mol. The van der Waals surface area contributed by atoms with Crippen LogP contribution < -0.4 is 5.32 Å². The van der Waals surface area contributed by atoms with Crippen molar-refractivity contribution in [3.63, 3.8) is 0 Å². The van der Waals surface area contributed by atoms with E-state index in [0.717, 1.165) is 18.5 Å². The Morgan fingerprint density at radius 3 is 2.57 bits per heavy atom. The highest BCUT2D eigenvalue weighted by Crippen LogP contribution is 2.11. The van der Waals surface area contributed by atoms with Crippen molar-refractivity contribution in [3.05, 3.63) is 35.9 Å². The molecular weight excluding hydrogens is 174 g/mol. The summed E-state index contributed by atoms with van der Waals surface area (Å²) in [5, 5.41) is 12.6. The van der Waals surface area contributed by atoms with Crippen molar-refractivity contribution in [2.45, 2.75) is 25.8 Å². The summed E-state index contributed by atoms with van der Waals surface area (Å²) >= 11 is 0. The fourth-order valence-corrected chi connectivity index (χ4v) is 1.43. The Hall–Kier alpha value is -0.860. The molecule has 0 aliphatic carbocycles. The molecule has 0 saturated heterocycles. The number of hydrogen-bond acceptors (Lipinski definition) is 2. The second-order valence-corrected chi connectivity index (χ2v) is 3.45. The molecular formula is C12H19NO. The van der Waals surface area contributed by atoms with Crippen molar-refractivity contribution in [3.8, 4) is 0 Å². The van der Waals surface area contributed by atoms with E-state index >= 15 is 0 Å². The van der Waals surface area contributed by atoms with Gasteiger partial charge in [0.15, 0.2) is 0 Å². The van der Waals surface area contributed by atoms with Gasteiger partial charge in [-0.15, -0.1) is 0 Å². The second-order valence-electron chi connectivity index (χ2n) is 3.45. The lowest BCUT2D eigenvalue weighted by Gasteiger charge is -2.16. The first-order chi connectivity index (χ1) is 6.88. The van der Waals surface area contributed by atoms with E-state index < -0.39 is 0 Å². The Morgan fingerprint density at radius 1 is 1.29 bits per heavy atom. The van der Waals surface area contributed by atoms with Crippen LogP contribution in [0.5, 0.6) is 0 Å². The van der Waals surface area contributed by atoms with Crippen LogP contribution >= 0.6 is 0 Å². The van der Waals surface area contributed by atoms with Gasteiger partial charge in [-0.3, -0.25) is 0 Å². The predicted molar refractivity (Wildman–Crippen MR) is 59.2 cm³/mol. The van der Waals surface area contributed by atoms with Gasteiger partial charge in [0, 0.05) is 0 Å². The quantitative estimate of drug-likeness (QED) is 0.678. The maximum Gasteiger partial charge on any atom is 0.0626 e. The third-order valence-corrected chi connectivity index (χ3v) is 2.31. The molecule has 0 spiro atoms. The van der Waals surface area contributed by atoms with Crippen LogP contribution in [-0.4, -0.2) is 18.3 Å². The molecule has 2 N–H and O–H groups in total. The number of unbranched alkanes of at least 4 members (excludes halogenated alkanes) is 1. The van der Waals surface area contributed by atoms with Gasteiger partial charge in [0.25, 0.3) is 0 Å². The molecule has 2 heteroatoms. The molecule has 0 aliphatic heterocycles. The van der Waals surface area contributed by atoms with E-state index in [2.05, 4.69) is 12.2 Å². The first-order valence-electron chi connectivity index (χ1n) is 5.27. The topological polar surface area (TPSA) is 32.3 Å². The lowest BCUT2D eigenvalue weighted by atomic mass is 10.1. The van der Waals surface area contributed by atoms with Crippen LogP contribution in [0.4, 0.5) is 0 Å². The van der Waals surface area contributed by atoms with E-state index in [9.17, 15) is 5.11 Å². The molecule has 0 amide bonds. The third kappa shape index (κ3) is 3.48. The summed E-state index contributed by atoms with van der Waals surface area (Å²) in [4.78, 5) is 0. The van der Waals surface area contributed by atoms with E-state index in [-0.39, 0.29) is 12.6 Å². The Morgan fingerprint density at radius 2 is 2.00 bits per heavy atom. The number of aliphatic hydroxyl groups excluding tert-OH is 1. The van der Waals surface area contributed by atoms with Crippen LogP contribution in [-0.2, 0) is 0 Å². The number of benzene rings is 1. The largest absolute Gasteiger partial charge is 0.394 e. The number of aliphatic hydroxyl groups is 1. The summed E-state index contributed by atoms with van der Waals surface area (Å²) in [6.07, 6.45) is 2.34. The van der Waals surface area contributed by atoms with Gasteiger partial charge in [-0.05, 0) is 18.5 Å². The SMILES string of the molecule is CCCCN[C@H](CO)c1ccccc1. The van der Waals surface area contributed by atoms with Gasteiger partial charge >= 0.3 is 0 Å². The minimum Gasteiger partial charge on any atom is -0.394 e. The van der Waals surface area contributed by atoms with Crippen LogP contribution in [0.3, 0.4) is 0 Å². The van der Waals surface area contributed by atoms with Crippen molar-refractivity contribution < 1.29 is 5.11 Å². The molecule has 0 unspecified atom stereocenters. The van der Waals surface area contributed by atoms with Crippen LogP contribution in [0.25, 0.3) is 0 Å². The molecule has 1 rings (SSSR count). The van der Waals surface area contributed by atoms with Crippen molar-refractivity contribution in [1.29, 1.82) is 0 Å². The first-order valence-corrected chi connectivity index (χ1v) is 5.27. The summed E-state index contributed by atoms with van der Waals surface area (Å²) in [6, 6.07) is 10.2. The predicted octanol–water partition coefficient (Wildman–Crippen LogP) is 2.11. The average Bonchev–Trinajstić information content (AvgIpc) is 2.26. The third-order valence-electron chi connectivity index (χ3n) is 2.31.